The van der Waals surface area contributed by atoms with Crippen molar-refractivity contribution in [3.05, 3.63) is 0 Å². The summed E-state index contributed by atoms with van der Waals surface area (Å²) in [6.07, 6.45) is 2.54. The largest absolute Gasteiger partial charge is 0.465 e. The van der Waals surface area contributed by atoms with Crippen molar-refractivity contribution in [3.63, 3.8) is 0 Å². The van der Waals surface area contributed by atoms with Crippen molar-refractivity contribution in [2.45, 2.75) is 59.5 Å². The maximum Gasteiger partial charge on any atom is 0.305 e. The Morgan fingerprint density at radius 2 is 1.93 bits per heavy atom. The fourth-order valence-corrected chi connectivity index (χ4v) is 1.30. The molecule has 3 heteroatoms. The zero-order valence-corrected chi connectivity index (χ0v) is 10.4. The van der Waals surface area contributed by atoms with Gasteiger partial charge in [0.25, 0.3) is 0 Å². The second-order valence-electron chi connectivity index (χ2n) is 4.70. The van der Waals surface area contributed by atoms with Crippen LogP contribution in [0.25, 0.3) is 0 Å². The summed E-state index contributed by atoms with van der Waals surface area (Å²) in [7, 11) is 0. The molecule has 0 aliphatic heterocycles. The average Bonchev–Trinajstić information content (AvgIpc) is 2.16. The van der Waals surface area contributed by atoms with Crippen LogP contribution in [0, 0.1) is 5.41 Å². The number of carbonyl (C=O) groups excluding carboxylic acids is 1. The van der Waals surface area contributed by atoms with Gasteiger partial charge in [-0.15, -0.1) is 0 Å². The maximum atomic E-state index is 11.2. The van der Waals surface area contributed by atoms with E-state index in [2.05, 4.69) is 0 Å². The zero-order chi connectivity index (χ0) is 11.9. The second-order valence-corrected chi connectivity index (χ2v) is 4.70. The normalized spacial score (nSPS) is 13.7. The molecule has 0 fully saturated rings. The summed E-state index contributed by atoms with van der Waals surface area (Å²) in [4.78, 5) is 11.2. The minimum atomic E-state index is -0.406. The third-order valence-electron chi connectivity index (χ3n) is 2.52. The van der Waals surface area contributed by atoms with Gasteiger partial charge < -0.3 is 9.84 Å². The van der Waals surface area contributed by atoms with E-state index in [9.17, 15) is 9.90 Å². The number of rotatable bonds is 7. The molecule has 0 aromatic carbocycles. The van der Waals surface area contributed by atoms with Crippen molar-refractivity contribution in [1.82, 2.24) is 0 Å². The van der Waals surface area contributed by atoms with E-state index in [1.165, 1.54) is 0 Å². The van der Waals surface area contributed by atoms with E-state index in [0.29, 0.717) is 13.0 Å². The fourth-order valence-electron chi connectivity index (χ4n) is 1.30. The van der Waals surface area contributed by atoms with Gasteiger partial charge in [-0.1, -0.05) is 34.1 Å². The van der Waals surface area contributed by atoms with Crippen molar-refractivity contribution in [1.29, 1.82) is 0 Å². The first-order valence-corrected chi connectivity index (χ1v) is 5.77. The van der Waals surface area contributed by atoms with Crippen LogP contribution in [0.1, 0.15) is 53.4 Å². The van der Waals surface area contributed by atoms with Gasteiger partial charge in [0.1, 0.15) is 0 Å². The highest BCUT2D eigenvalue weighted by Crippen LogP contribution is 2.24. The van der Waals surface area contributed by atoms with Crippen LogP contribution in [0.4, 0.5) is 0 Å². The summed E-state index contributed by atoms with van der Waals surface area (Å²) in [5.41, 5.74) is -0.348. The quantitative estimate of drug-likeness (QED) is 0.665. The summed E-state index contributed by atoms with van der Waals surface area (Å²) in [5, 5.41) is 9.83. The predicted molar refractivity (Wildman–Crippen MR) is 60.6 cm³/mol. The third kappa shape index (κ3) is 5.78. The fraction of sp³-hybridized carbons (Fsp3) is 0.917. The first-order chi connectivity index (χ1) is 6.94. The molecule has 0 heterocycles. The lowest BCUT2D eigenvalue weighted by Crippen LogP contribution is -2.34. The maximum absolute atomic E-state index is 11.2. The smallest absolute Gasteiger partial charge is 0.305 e. The number of ether oxygens (including phenoxy) is 1. The molecule has 0 bridgehead atoms. The Morgan fingerprint density at radius 3 is 2.40 bits per heavy atom. The van der Waals surface area contributed by atoms with Crippen LogP contribution in [-0.4, -0.2) is 23.8 Å². The highest BCUT2D eigenvalue weighted by Gasteiger charge is 2.28. The molecule has 0 radical (unpaired) electrons. The minimum Gasteiger partial charge on any atom is -0.465 e. The summed E-state index contributed by atoms with van der Waals surface area (Å²) >= 11 is 0. The second kappa shape index (κ2) is 6.83. The van der Waals surface area contributed by atoms with Crippen LogP contribution in [0.15, 0.2) is 0 Å². The molecule has 0 rings (SSSR count). The number of esters is 1. The lowest BCUT2D eigenvalue weighted by Gasteiger charge is -2.29. The molecule has 0 aliphatic carbocycles. The molecular formula is C12H24O3. The predicted octanol–water partition coefficient (Wildman–Crippen LogP) is 2.52. The lowest BCUT2D eigenvalue weighted by molar-refractivity contribution is -0.149. The Balaban J connectivity index is 3.97. The summed E-state index contributed by atoms with van der Waals surface area (Å²) < 4.78 is 5.12. The Labute approximate surface area is 92.8 Å². The number of hydrogen-bond donors (Lipinski definition) is 1. The van der Waals surface area contributed by atoms with Gasteiger partial charge in [-0.25, -0.2) is 0 Å². The highest BCUT2D eigenvalue weighted by molar-refractivity contribution is 5.69. The number of carbonyl (C=O) groups is 1. The van der Waals surface area contributed by atoms with Crippen LogP contribution in [0.2, 0.25) is 0 Å². The molecular weight excluding hydrogens is 192 g/mol. The minimum absolute atomic E-state index is 0.172. The highest BCUT2D eigenvalue weighted by atomic mass is 16.5. The molecule has 0 aromatic heterocycles. The van der Waals surface area contributed by atoms with Crippen LogP contribution in [0.3, 0.4) is 0 Å². The van der Waals surface area contributed by atoms with Gasteiger partial charge in [0, 0.05) is 11.8 Å². The van der Waals surface area contributed by atoms with E-state index in [1.54, 1.807) is 0 Å². The molecule has 1 unspecified atom stereocenters. The van der Waals surface area contributed by atoms with Crippen molar-refractivity contribution >= 4 is 5.97 Å². The van der Waals surface area contributed by atoms with Gasteiger partial charge in [-0.2, -0.15) is 0 Å². The van der Waals surface area contributed by atoms with E-state index in [0.717, 1.165) is 19.3 Å². The van der Waals surface area contributed by atoms with Crippen LogP contribution < -0.4 is 0 Å². The number of hydrogen-bond acceptors (Lipinski definition) is 3. The van der Waals surface area contributed by atoms with Gasteiger partial charge in [0.15, 0.2) is 0 Å². The topological polar surface area (TPSA) is 46.5 Å². The van der Waals surface area contributed by atoms with Crippen molar-refractivity contribution in [2.75, 3.05) is 6.61 Å². The van der Waals surface area contributed by atoms with Gasteiger partial charge in [0.05, 0.1) is 12.7 Å². The Kier molecular flexibility index (Phi) is 6.57. The first kappa shape index (κ1) is 14.4. The summed E-state index contributed by atoms with van der Waals surface area (Å²) in [6.45, 7) is 8.12. The van der Waals surface area contributed by atoms with Gasteiger partial charge >= 0.3 is 5.97 Å². The molecule has 1 N–H and O–H groups in total. The number of aliphatic hydroxyl groups excluding tert-OH is 1. The average molecular weight is 216 g/mol. The molecule has 0 saturated heterocycles. The molecule has 90 valence electrons. The molecule has 0 spiro atoms. The Morgan fingerprint density at radius 1 is 1.33 bits per heavy atom. The zero-order valence-electron chi connectivity index (χ0n) is 10.4. The third-order valence-corrected chi connectivity index (χ3v) is 2.52. The molecule has 1 atom stereocenters. The Bertz CT molecular complexity index is 187. The molecule has 0 aliphatic rings. The van der Waals surface area contributed by atoms with E-state index >= 15 is 0 Å². The molecule has 0 amide bonds. The standard InChI is InChI=1S/C12H24O3/c1-5-7-10(13)12(3,4)9-15-11(14)8-6-2/h10,13H,5-9H2,1-4H3. The summed E-state index contributed by atoms with van der Waals surface area (Å²) in [5.74, 6) is -0.172. The van der Waals surface area contributed by atoms with Crippen molar-refractivity contribution < 1.29 is 14.6 Å². The van der Waals surface area contributed by atoms with Crippen LogP contribution >= 0.6 is 0 Å². The van der Waals surface area contributed by atoms with E-state index in [1.807, 2.05) is 27.7 Å². The van der Waals surface area contributed by atoms with Gasteiger partial charge in [-0.05, 0) is 12.8 Å². The SMILES string of the molecule is CCCC(=O)OCC(C)(C)C(O)CCC. The van der Waals surface area contributed by atoms with Crippen LogP contribution in [0.5, 0.6) is 0 Å². The van der Waals surface area contributed by atoms with E-state index in [-0.39, 0.29) is 11.4 Å². The molecule has 0 saturated carbocycles. The number of aliphatic hydroxyl groups is 1. The van der Waals surface area contributed by atoms with Gasteiger partial charge in [-0.3, -0.25) is 4.79 Å². The molecule has 0 aromatic rings. The lowest BCUT2D eigenvalue weighted by atomic mass is 9.85. The molecule has 15 heavy (non-hydrogen) atoms. The monoisotopic (exact) mass is 216 g/mol. The first-order valence-electron chi connectivity index (χ1n) is 5.77. The van der Waals surface area contributed by atoms with Crippen molar-refractivity contribution in [3.8, 4) is 0 Å². The van der Waals surface area contributed by atoms with Crippen molar-refractivity contribution in [2.24, 2.45) is 5.41 Å². The van der Waals surface area contributed by atoms with Crippen LogP contribution in [-0.2, 0) is 9.53 Å². The summed E-state index contributed by atoms with van der Waals surface area (Å²) in [6, 6.07) is 0. The Hall–Kier alpha value is -0.570. The van der Waals surface area contributed by atoms with E-state index < -0.39 is 6.10 Å². The van der Waals surface area contributed by atoms with E-state index in [4.69, 9.17) is 4.74 Å². The molecule has 3 nitrogen and oxygen atoms in total. The van der Waals surface area contributed by atoms with Gasteiger partial charge in [0.2, 0.25) is 0 Å².